The number of benzene rings is 2. The number of nitrogens with two attached hydrogens (primary N) is 1. The van der Waals surface area contributed by atoms with Crippen molar-refractivity contribution in [2.45, 2.75) is 19.1 Å². The third kappa shape index (κ3) is 3.85. The third-order valence-corrected chi connectivity index (χ3v) is 4.03. The number of amides is 2. The SMILES string of the molecule is Cc1c([C@H](NC(=O)Nc2ccc(N)cc2)C(F)(F)F)oc2c(F)cc(F)cc12. The van der Waals surface area contributed by atoms with Gasteiger partial charge in [-0.1, -0.05) is 0 Å². The van der Waals surface area contributed by atoms with Gasteiger partial charge in [-0.25, -0.2) is 13.6 Å². The lowest BCUT2D eigenvalue weighted by Gasteiger charge is -2.20. The number of hydrogen-bond donors (Lipinski definition) is 3. The summed E-state index contributed by atoms with van der Waals surface area (Å²) in [6, 6.07) is 3.34. The van der Waals surface area contributed by atoms with Crippen molar-refractivity contribution in [1.82, 2.24) is 5.32 Å². The Morgan fingerprint density at radius 3 is 2.39 bits per heavy atom. The summed E-state index contributed by atoms with van der Waals surface area (Å²) in [5.74, 6) is -2.84. The molecule has 0 saturated heterocycles. The minimum atomic E-state index is -4.95. The number of carbonyl (C=O) groups excluding carboxylic acids is 1. The zero-order valence-corrected chi connectivity index (χ0v) is 14.3. The molecule has 0 fully saturated rings. The predicted molar refractivity (Wildman–Crippen MR) is 92.7 cm³/mol. The first-order chi connectivity index (χ1) is 13.1. The summed E-state index contributed by atoms with van der Waals surface area (Å²) >= 11 is 0. The molecule has 1 aromatic heterocycles. The molecular weight excluding hydrogens is 385 g/mol. The van der Waals surface area contributed by atoms with Gasteiger partial charge < -0.3 is 20.8 Å². The first-order valence-electron chi connectivity index (χ1n) is 7.94. The van der Waals surface area contributed by atoms with Gasteiger partial charge in [0.05, 0.1) is 0 Å². The molecule has 0 bridgehead atoms. The van der Waals surface area contributed by atoms with E-state index in [0.29, 0.717) is 11.8 Å². The molecule has 2 amide bonds. The van der Waals surface area contributed by atoms with Crippen LogP contribution < -0.4 is 16.4 Å². The fourth-order valence-electron chi connectivity index (χ4n) is 2.70. The number of carbonyl (C=O) groups is 1. The fraction of sp³-hybridized carbons (Fsp3) is 0.167. The normalized spacial score (nSPS) is 12.8. The van der Waals surface area contributed by atoms with Gasteiger partial charge >= 0.3 is 12.2 Å². The number of anilines is 2. The van der Waals surface area contributed by atoms with Crippen molar-refractivity contribution in [3.8, 4) is 0 Å². The Morgan fingerprint density at radius 2 is 1.79 bits per heavy atom. The Kier molecular flexibility index (Phi) is 4.88. The number of urea groups is 1. The van der Waals surface area contributed by atoms with Crippen LogP contribution in [0.4, 0.5) is 38.1 Å². The number of nitrogens with one attached hydrogen (secondary N) is 2. The van der Waals surface area contributed by atoms with Crippen LogP contribution in [0.2, 0.25) is 0 Å². The van der Waals surface area contributed by atoms with Crippen LogP contribution in [0.5, 0.6) is 0 Å². The number of hydrogen-bond acceptors (Lipinski definition) is 3. The van der Waals surface area contributed by atoms with Gasteiger partial charge in [-0.3, -0.25) is 0 Å². The molecule has 0 aliphatic heterocycles. The van der Waals surface area contributed by atoms with Gasteiger partial charge in [-0.15, -0.1) is 0 Å². The highest BCUT2D eigenvalue weighted by Gasteiger charge is 2.45. The molecule has 3 aromatic rings. The molecule has 28 heavy (non-hydrogen) atoms. The standard InChI is InChI=1S/C18H14F5N3O2/c1-8-12-6-9(19)7-13(20)15(12)28-14(8)16(18(21,22)23)26-17(27)25-11-4-2-10(24)3-5-11/h2-7,16H,24H2,1H3,(H2,25,26,27)/t16-/m0/s1. The van der Waals surface area contributed by atoms with E-state index in [9.17, 15) is 26.7 Å². The fourth-order valence-corrected chi connectivity index (χ4v) is 2.70. The van der Waals surface area contributed by atoms with E-state index in [2.05, 4.69) is 5.32 Å². The maximum Gasteiger partial charge on any atom is 0.416 e. The van der Waals surface area contributed by atoms with Crippen LogP contribution in [0, 0.1) is 18.6 Å². The Morgan fingerprint density at radius 1 is 1.14 bits per heavy atom. The molecule has 0 spiro atoms. The van der Waals surface area contributed by atoms with Gasteiger partial charge in [-0.2, -0.15) is 13.2 Å². The van der Waals surface area contributed by atoms with E-state index >= 15 is 0 Å². The van der Waals surface area contributed by atoms with Gasteiger partial charge in [0.1, 0.15) is 11.6 Å². The molecule has 2 aromatic carbocycles. The van der Waals surface area contributed by atoms with Crippen molar-refractivity contribution in [1.29, 1.82) is 0 Å². The van der Waals surface area contributed by atoms with Crippen LogP contribution >= 0.6 is 0 Å². The van der Waals surface area contributed by atoms with Crippen molar-refractivity contribution in [2.24, 2.45) is 0 Å². The summed E-state index contributed by atoms with van der Waals surface area (Å²) in [5, 5.41) is 3.84. The molecule has 0 saturated carbocycles. The van der Waals surface area contributed by atoms with Gasteiger partial charge in [0.25, 0.3) is 0 Å². The van der Waals surface area contributed by atoms with E-state index in [-0.39, 0.29) is 16.6 Å². The van der Waals surface area contributed by atoms with Gasteiger partial charge in [0, 0.05) is 28.4 Å². The average molecular weight is 399 g/mol. The minimum Gasteiger partial charge on any atom is -0.455 e. The smallest absolute Gasteiger partial charge is 0.416 e. The van der Waals surface area contributed by atoms with Gasteiger partial charge in [0.15, 0.2) is 17.4 Å². The Hall–Kier alpha value is -3.30. The highest BCUT2D eigenvalue weighted by Crippen LogP contribution is 2.39. The Bertz CT molecular complexity index is 1030. The van der Waals surface area contributed by atoms with Crippen molar-refractivity contribution in [3.05, 3.63) is 59.4 Å². The number of fused-ring (bicyclic) bond motifs is 1. The molecule has 10 heteroatoms. The van der Waals surface area contributed by atoms with Crippen molar-refractivity contribution < 1.29 is 31.2 Å². The zero-order chi connectivity index (χ0) is 20.6. The van der Waals surface area contributed by atoms with Crippen molar-refractivity contribution in [3.63, 3.8) is 0 Å². The summed E-state index contributed by atoms with van der Waals surface area (Å²) in [6.45, 7) is 1.22. The molecule has 5 nitrogen and oxygen atoms in total. The molecule has 0 unspecified atom stereocenters. The molecule has 3 rings (SSSR count). The molecule has 4 N–H and O–H groups in total. The van der Waals surface area contributed by atoms with E-state index in [4.69, 9.17) is 10.2 Å². The molecule has 0 aliphatic rings. The van der Waals surface area contributed by atoms with E-state index in [1.807, 2.05) is 0 Å². The van der Waals surface area contributed by atoms with Crippen LogP contribution in [-0.2, 0) is 0 Å². The highest BCUT2D eigenvalue weighted by molar-refractivity contribution is 5.90. The lowest BCUT2D eigenvalue weighted by molar-refractivity contribution is -0.158. The second-order valence-corrected chi connectivity index (χ2v) is 6.05. The van der Waals surface area contributed by atoms with E-state index in [1.54, 1.807) is 5.32 Å². The largest absolute Gasteiger partial charge is 0.455 e. The summed E-state index contributed by atoms with van der Waals surface area (Å²) in [7, 11) is 0. The summed E-state index contributed by atoms with van der Waals surface area (Å²) in [5.41, 5.74) is 5.46. The minimum absolute atomic E-state index is 0.136. The summed E-state index contributed by atoms with van der Waals surface area (Å²) in [4.78, 5) is 12.0. The lowest BCUT2D eigenvalue weighted by Crippen LogP contribution is -2.40. The number of nitrogen functional groups attached to an aromatic ring is 1. The number of furan rings is 1. The second-order valence-electron chi connectivity index (χ2n) is 6.05. The molecule has 1 atom stereocenters. The summed E-state index contributed by atoms with van der Waals surface area (Å²) in [6.07, 6.45) is -4.95. The van der Waals surface area contributed by atoms with Crippen LogP contribution in [0.25, 0.3) is 11.0 Å². The van der Waals surface area contributed by atoms with Crippen molar-refractivity contribution >= 4 is 28.4 Å². The average Bonchev–Trinajstić information content (AvgIpc) is 2.91. The number of alkyl halides is 3. The maximum absolute atomic E-state index is 13.9. The quantitative estimate of drug-likeness (QED) is 0.427. The van der Waals surface area contributed by atoms with Gasteiger partial charge in [-0.05, 0) is 37.3 Å². The van der Waals surface area contributed by atoms with Crippen molar-refractivity contribution in [2.75, 3.05) is 11.1 Å². The molecule has 148 valence electrons. The van der Waals surface area contributed by atoms with E-state index in [1.165, 1.54) is 31.2 Å². The predicted octanol–water partition coefficient (Wildman–Crippen LogP) is 5.03. The van der Waals surface area contributed by atoms with Crippen LogP contribution in [0.3, 0.4) is 0 Å². The lowest BCUT2D eigenvalue weighted by atomic mass is 10.1. The highest BCUT2D eigenvalue weighted by atomic mass is 19.4. The third-order valence-electron chi connectivity index (χ3n) is 4.03. The van der Waals surface area contributed by atoms with Gasteiger partial charge in [0.2, 0.25) is 0 Å². The topological polar surface area (TPSA) is 80.3 Å². The van der Waals surface area contributed by atoms with Crippen LogP contribution in [-0.4, -0.2) is 12.2 Å². The van der Waals surface area contributed by atoms with Crippen LogP contribution in [0.1, 0.15) is 17.4 Å². The maximum atomic E-state index is 13.9. The van der Waals surface area contributed by atoms with Crippen LogP contribution in [0.15, 0.2) is 40.8 Å². The van der Waals surface area contributed by atoms with E-state index < -0.39 is 41.2 Å². The molecular formula is C18H14F5N3O2. The molecule has 0 radical (unpaired) electrons. The molecule has 1 heterocycles. The second kappa shape index (κ2) is 7.02. The Labute approximate surface area is 155 Å². The first kappa shape index (κ1) is 19.5. The number of halogens is 5. The number of rotatable bonds is 3. The monoisotopic (exact) mass is 399 g/mol. The zero-order valence-electron chi connectivity index (χ0n) is 14.3. The number of aryl methyl sites for hydroxylation is 1. The van der Waals surface area contributed by atoms with E-state index in [0.717, 1.165) is 6.07 Å². The first-order valence-corrected chi connectivity index (χ1v) is 7.94. The molecule has 0 aliphatic carbocycles. The summed E-state index contributed by atoms with van der Waals surface area (Å²) < 4.78 is 73.0. The Balaban J connectivity index is 1.94.